The second-order valence-corrected chi connectivity index (χ2v) is 6.85. The van der Waals surface area contributed by atoms with E-state index < -0.39 is 0 Å². The summed E-state index contributed by atoms with van der Waals surface area (Å²) in [4.78, 5) is 0. The molecule has 0 saturated carbocycles. The van der Waals surface area contributed by atoms with Crippen LogP contribution in [0.5, 0.6) is 0 Å². The van der Waals surface area contributed by atoms with E-state index in [1.807, 2.05) is 0 Å². The van der Waals surface area contributed by atoms with E-state index in [1.54, 1.807) is 16.6 Å². The number of hydrogen-bond acceptors (Lipinski definition) is 0. The van der Waals surface area contributed by atoms with E-state index >= 15 is 0 Å². The predicted octanol–water partition coefficient (Wildman–Crippen LogP) is 4.62. The summed E-state index contributed by atoms with van der Waals surface area (Å²) in [5, 5.41) is 0. The molecular weight excluding hydrogens is 215 g/mol. The fourth-order valence-electron chi connectivity index (χ4n) is 2.62. The zero-order valence-corrected chi connectivity index (χ0v) is 13.1. The van der Waals surface area contributed by atoms with Crippen molar-refractivity contribution in [2.24, 2.45) is 17.8 Å². The number of rotatable bonds is 6. The summed E-state index contributed by atoms with van der Waals surface area (Å²) in [6, 6.07) is 2.33. The van der Waals surface area contributed by atoms with Gasteiger partial charge >= 0.3 is 114 Å². The molecule has 0 amide bonds. The predicted molar refractivity (Wildman–Crippen MR) is 83.4 cm³/mol. The molecule has 0 unspecified atom stereocenters. The molecular formula is C17H29B. The third-order valence-electron chi connectivity index (χ3n) is 3.24. The maximum atomic E-state index is 2.33. The number of hydrogen-bond donors (Lipinski definition) is 0. The molecule has 1 aromatic heterocycles. The van der Waals surface area contributed by atoms with Gasteiger partial charge in [0.2, 0.25) is 0 Å². The van der Waals surface area contributed by atoms with Crippen LogP contribution in [0.15, 0.2) is 12.0 Å². The Balaban J connectivity index is 3.08. The zero-order chi connectivity index (χ0) is 13.7. The quantitative estimate of drug-likeness (QED) is 0.685. The van der Waals surface area contributed by atoms with Crippen LogP contribution in [0.4, 0.5) is 0 Å². The normalized spacial score (nSPS) is 11.6. The van der Waals surface area contributed by atoms with Crippen LogP contribution in [0.2, 0.25) is 0 Å². The summed E-state index contributed by atoms with van der Waals surface area (Å²) in [5.74, 6) is 4.47. The Morgan fingerprint density at radius 1 is 0.833 bits per heavy atom. The molecule has 0 aliphatic carbocycles. The van der Waals surface area contributed by atoms with Gasteiger partial charge in [0.25, 0.3) is 0 Å². The van der Waals surface area contributed by atoms with Crippen molar-refractivity contribution in [3.63, 3.8) is 0 Å². The topological polar surface area (TPSA) is 0 Å². The molecule has 100 valence electrons. The first-order chi connectivity index (χ1) is 8.40. The molecule has 0 atom stereocenters. The van der Waals surface area contributed by atoms with E-state index in [0.717, 1.165) is 17.8 Å². The Hall–Kier alpha value is -0.585. The van der Waals surface area contributed by atoms with Crippen molar-refractivity contribution in [1.82, 2.24) is 0 Å². The van der Waals surface area contributed by atoms with Crippen LogP contribution < -0.4 is 0 Å². The van der Waals surface area contributed by atoms with Crippen LogP contribution in [0.1, 0.15) is 58.1 Å². The standard InChI is InChI=1S/C17H29B/c1-12(2)9-15-7-8-18-17(11-14(5)6)16(15)10-13(3)4/h7-8,12-14H,9-11H2,1-6H3. The van der Waals surface area contributed by atoms with Gasteiger partial charge in [-0.1, -0.05) is 0 Å². The van der Waals surface area contributed by atoms with Crippen LogP contribution in [-0.2, 0) is 19.3 Å². The van der Waals surface area contributed by atoms with Gasteiger partial charge in [-0.25, -0.2) is 0 Å². The van der Waals surface area contributed by atoms with Gasteiger partial charge in [0, 0.05) is 0 Å². The van der Waals surface area contributed by atoms with E-state index in [1.165, 1.54) is 19.3 Å². The summed E-state index contributed by atoms with van der Waals surface area (Å²) in [5.41, 5.74) is 4.80. The van der Waals surface area contributed by atoms with Gasteiger partial charge in [-0.15, -0.1) is 0 Å². The van der Waals surface area contributed by atoms with E-state index in [0.29, 0.717) is 0 Å². The molecule has 0 aliphatic rings. The fourth-order valence-corrected chi connectivity index (χ4v) is 2.62. The summed E-state index contributed by atoms with van der Waals surface area (Å²) in [6.07, 6.45) is 3.66. The minimum absolute atomic E-state index is 0.740. The molecule has 18 heavy (non-hydrogen) atoms. The second-order valence-electron chi connectivity index (χ2n) is 6.85. The van der Waals surface area contributed by atoms with Crippen molar-refractivity contribution >= 4 is 6.91 Å². The molecule has 0 bridgehead atoms. The second kappa shape index (κ2) is 7.11. The molecule has 0 aromatic carbocycles. The first-order valence-corrected chi connectivity index (χ1v) is 7.49. The molecule has 1 rings (SSSR count). The molecule has 0 aliphatic heterocycles. The third kappa shape index (κ3) is 4.96. The van der Waals surface area contributed by atoms with Crippen LogP contribution in [0.25, 0.3) is 0 Å². The van der Waals surface area contributed by atoms with Crippen molar-refractivity contribution in [2.75, 3.05) is 0 Å². The Morgan fingerprint density at radius 3 is 1.89 bits per heavy atom. The van der Waals surface area contributed by atoms with Crippen LogP contribution >= 0.6 is 0 Å². The van der Waals surface area contributed by atoms with Crippen LogP contribution in [0.3, 0.4) is 0 Å². The first kappa shape index (κ1) is 15.5. The average Bonchev–Trinajstić information content (AvgIpc) is 2.20. The molecule has 0 nitrogen and oxygen atoms in total. The summed E-state index contributed by atoms with van der Waals surface area (Å²) in [7, 11) is 0. The molecule has 0 spiro atoms. The fraction of sp³-hybridized carbons (Fsp3) is 0.706. The summed E-state index contributed by atoms with van der Waals surface area (Å²) in [6.45, 7) is 16.2. The molecule has 0 saturated heterocycles. The Kier molecular flexibility index (Phi) is 6.12. The molecule has 1 heteroatoms. The average molecular weight is 244 g/mol. The molecule has 0 radical (unpaired) electrons. The third-order valence-corrected chi connectivity index (χ3v) is 3.24. The molecule has 1 heterocycles. The monoisotopic (exact) mass is 244 g/mol. The van der Waals surface area contributed by atoms with Gasteiger partial charge in [-0.05, 0) is 0 Å². The zero-order valence-electron chi connectivity index (χ0n) is 13.1. The van der Waals surface area contributed by atoms with Gasteiger partial charge in [0.05, 0.1) is 0 Å². The molecule has 0 fully saturated rings. The minimum atomic E-state index is 0.740. The molecule has 0 N–H and O–H groups in total. The van der Waals surface area contributed by atoms with Crippen LogP contribution in [-0.4, -0.2) is 6.91 Å². The molecule has 1 aromatic rings. The van der Waals surface area contributed by atoms with E-state index in [2.05, 4.69) is 60.5 Å². The van der Waals surface area contributed by atoms with Gasteiger partial charge in [0.15, 0.2) is 0 Å². The van der Waals surface area contributed by atoms with Gasteiger partial charge < -0.3 is 0 Å². The van der Waals surface area contributed by atoms with Gasteiger partial charge in [0.1, 0.15) is 0 Å². The summed E-state index contributed by atoms with van der Waals surface area (Å²) >= 11 is 0. The maximum absolute atomic E-state index is 2.33. The van der Waals surface area contributed by atoms with E-state index in [9.17, 15) is 0 Å². The van der Waals surface area contributed by atoms with Crippen molar-refractivity contribution in [3.05, 3.63) is 28.6 Å². The van der Waals surface area contributed by atoms with Crippen molar-refractivity contribution in [3.8, 4) is 0 Å². The summed E-state index contributed by atoms with van der Waals surface area (Å²) < 4.78 is 0. The van der Waals surface area contributed by atoms with Crippen molar-refractivity contribution in [2.45, 2.75) is 60.8 Å². The Bertz CT molecular complexity index is 336. The Labute approximate surface area is 114 Å². The SMILES string of the molecule is CC(C)Cc1bccc(CC(C)C)c1CC(C)C. The van der Waals surface area contributed by atoms with Gasteiger partial charge in [-0.2, -0.15) is 0 Å². The Morgan fingerprint density at radius 2 is 1.39 bits per heavy atom. The van der Waals surface area contributed by atoms with Gasteiger partial charge in [-0.3, -0.25) is 0 Å². The van der Waals surface area contributed by atoms with E-state index in [4.69, 9.17) is 0 Å². The van der Waals surface area contributed by atoms with E-state index in [-0.39, 0.29) is 0 Å². The van der Waals surface area contributed by atoms with Crippen molar-refractivity contribution in [1.29, 1.82) is 0 Å². The first-order valence-electron chi connectivity index (χ1n) is 7.49. The van der Waals surface area contributed by atoms with Crippen molar-refractivity contribution < 1.29 is 0 Å². The van der Waals surface area contributed by atoms with Crippen LogP contribution in [0, 0.1) is 17.8 Å².